The maximum absolute atomic E-state index is 3.11. The van der Waals surface area contributed by atoms with Crippen LogP contribution in [0.15, 0.2) is 30.3 Å². The molecule has 0 amide bonds. The average molecular weight is 363 g/mol. The zero-order valence-corrected chi connectivity index (χ0v) is 10.4. The first-order valence-corrected chi connectivity index (χ1v) is 13.6. The van der Waals surface area contributed by atoms with Gasteiger partial charge in [0.1, 0.15) is 0 Å². The zero-order chi connectivity index (χ0) is 6.53. The summed E-state index contributed by atoms with van der Waals surface area (Å²) in [4.78, 5) is 0. The Bertz CT molecular complexity index is 164. The topological polar surface area (TPSA) is 0 Å². The van der Waals surface area contributed by atoms with E-state index in [0.29, 0.717) is 0 Å². The predicted molar refractivity (Wildman–Crippen MR) is 43.3 cm³/mol. The van der Waals surface area contributed by atoms with Crippen LogP contribution >= 0.6 is 0 Å². The quantitative estimate of drug-likeness (QED) is 0.635. The van der Waals surface area contributed by atoms with Crippen molar-refractivity contribution in [1.29, 1.82) is 0 Å². The molecule has 0 spiro atoms. The average Bonchev–Trinajstić information content (AvgIpc) is 1.91. The van der Waals surface area contributed by atoms with Gasteiger partial charge in [0, 0.05) is 0 Å². The molecule has 3 heteroatoms. The van der Waals surface area contributed by atoms with Gasteiger partial charge in [0.15, 0.2) is 0 Å². The third kappa shape index (κ3) is 3.10. The number of benzene rings is 1. The molecule has 1 radical (unpaired) electrons. The molecule has 47 valence electrons. The van der Waals surface area contributed by atoms with E-state index in [9.17, 15) is 0 Å². The summed E-state index contributed by atoms with van der Waals surface area (Å²) < 4.78 is 1.57. The van der Waals surface area contributed by atoms with E-state index in [0.717, 1.165) is 9.95 Å². The third-order valence-electron chi connectivity index (χ3n) is 0.873. The Morgan fingerprint density at radius 2 is 1.89 bits per heavy atom. The molecule has 0 aliphatic heterocycles. The van der Waals surface area contributed by atoms with E-state index in [1.54, 1.807) is 3.61 Å². The summed E-state index contributed by atoms with van der Waals surface area (Å²) in [5.74, 6) is 0. The van der Waals surface area contributed by atoms with E-state index in [1.807, 2.05) is 0 Å². The van der Waals surface area contributed by atoms with Crippen LogP contribution in [0.3, 0.4) is 0 Å². The van der Waals surface area contributed by atoms with Gasteiger partial charge in [-0.05, 0) is 0 Å². The Morgan fingerprint density at radius 1 is 1.22 bits per heavy atom. The van der Waals surface area contributed by atoms with Crippen LogP contribution in [0.2, 0.25) is 0 Å². The number of rotatable bonds is 2. The van der Waals surface area contributed by atoms with E-state index in [4.69, 9.17) is 0 Å². The molecule has 0 aliphatic rings. The van der Waals surface area contributed by atoms with Crippen LogP contribution < -0.4 is 3.61 Å². The van der Waals surface area contributed by atoms with Crippen molar-refractivity contribution in [2.24, 2.45) is 0 Å². The van der Waals surface area contributed by atoms with Gasteiger partial charge >= 0.3 is 76.8 Å². The van der Waals surface area contributed by atoms with Crippen molar-refractivity contribution in [1.82, 2.24) is 0 Å². The first kappa shape index (κ1) is 8.15. The van der Waals surface area contributed by atoms with Crippen molar-refractivity contribution in [3.05, 3.63) is 30.3 Å². The summed E-state index contributed by atoms with van der Waals surface area (Å²) >= 11 is 3.29. The molecule has 0 heterocycles. The van der Waals surface area contributed by atoms with Crippen molar-refractivity contribution >= 4 is 46.4 Å². The van der Waals surface area contributed by atoms with Gasteiger partial charge in [-0.2, -0.15) is 0 Å². The van der Waals surface area contributed by atoms with Crippen LogP contribution in [0.5, 0.6) is 0 Å². The van der Waals surface area contributed by atoms with Crippen molar-refractivity contribution < 1.29 is 0 Å². The Kier molecular flexibility index (Phi) is 4.35. The Labute approximate surface area is 76.0 Å². The van der Waals surface area contributed by atoms with Crippen molar-refractivity contribution in [3.63, 3.8) is 0 Å². The molecule has 0 bridgehead atoms. The normalized spacial score (nSPS) is 9.44. The summed E-state index contributed by atoms with van der Waals surface area (Å²) in [5, 5.41) is 0. The first-order chi connectivity index (χ1) is 4.43. The second-order valence-corrected chi connectivity index (χ2v) is 17.9. The Morgan fingerprint density at radius 3 is 2.44 bits per heavy atom. The Balaban J connectivity index is 2.61. The molecule has 1 aromatic rings. The summed E-state index contributed by atoms with van der Waals surface area (Å²) in [6.07, 6.45) is 0. The molecule has 0 nitrogen and oxygen atoms in total. The number of hydrogen-bond donors (Lipinski definition) is 0. The van der Waals surface area contributed by atoms with Gasteiger partial charge in [-0.25, -0.2) is 0 Å². The molecular formula is C6H5Se2Te. The van der Waals surface area contributed by atoms with Gasteiger partial charge in [0.05, 0.1) is 0 Å². The predicted octanol–water partition coefficient (Wildman–Crippen LogP) is -0.281. The molecular weight excluding hydrogens is 358 g/mol. The van der Waals surface area contributed by atoms with Crippen LogP contribution in [0.1, 0.15) is 0 Å². The molecule has 0 atom stereocenters. The molecule has 1 rings (SSSR count). The van der Waals surface area contributed by atoms with E-state index in [1.165, 1.54) is 0 Å². The third-order valence-corrected chi connectivity index (χ3v) is 11.0. The van der Waals surface area contributed by atoms with Crippen molar-refractivity contribution in [2.45, 2.75) is 0 Å². The van der Waals surface area contributed by atoms with Crippen LogP contribution in [0, 0.1) is 0 Å². The van der Waals surface area contributed by atoms with Gasteiger partial charge in [-0.15, -0.1) is 0 Å². The van der Waals surface area contributed by atoms with Crippen molar-refractivity contribution in [3.8, 4) is 0 Å². The van der Waals surface area contributed by atoms with E-state index in [-0.39, 0.29) is 18.7 Å². The second-order valence-electron chi connectivity index (χ2n) is 1.46. The summed E-state index contributed by atoms with van der Waals surface area (Å²) in [5.41, 5.74) is 0. The minimum atomic E-state index is 0.177. The fourth-order valence-corrected chi connectivity index (χ4v) is 9.92. The molecule has 0 unspecified atom stereocenters. The van der Waals surface area contributed by atoms with Crippen LogP contribution in [0.25, 0.3) is 0 Å². The molecule has 0 aliphatic carbocycles. The minimum absolute atomic E-state index is 0.177. The van der Waals surface area contributed by atoms with Gasteiger partial charge in [-0.3, -0.25) is 0 Å². The van der Waals surface area contributed by atoms with Crippen LogP contribution in [0.4, 0.5) is 0 Å². The fourth-order valence-electron chi connectivity index (χ4n) is 0.515. The molecule has 0 N–H and O–H groups in total. The molecule has 0 saturated carbocycles. The fraction of sp³-hybridized carbons (Fsp3) is 0. The molecule has 1 aromatic carbocycles. The zero-order valence-electron chi connectivity index (χ0n) is 4.61. The van der Waals surface area contributed by atoms with Crippen molar-refractivity contribution in [2.75, 3.05) is 0 Å². The SMILES string of the molecule is [Se][Se][Te]c1ccccc1. The van der Waals surface area contributed by atoms with E-state index >= 15 is 0 Å². The van der Waals surface area contributed by atoms with Gasteiger partial charge < -0.3 is 0 Å². The standard InChI is InChI=1S/C6H5Se2Te/c7-8-9-6-4-2-1-3-5-6/h1-5H. The second kappa shape index (κ2) is 4.80. The first-order valence-electron chi connectivity index (χ1n) is 2.45. The number of hydrogen-bond acceptors (Lipinski definition) is 0. The van der Waals surface area contributed by atoms with Crippen LogP contribution in [-0.2, 0) is 0 Å². The van der Waals surface area contributed by atoms with E-state index < -0.39 is 0 Å². The van der Waals surface area contributed by atoms with Gasteiger partial charge in [0.25, 0.3) is 0 Å². The molecule has 0 aromatic heterocycles. The molecule has 0 fully saturated rings. The Hall–Kier alpha value is 1.05. The molecule has 9 heavy (non-hydrogen) atoms. The molecule has 0 saturated heterocycles. The summed E-state index contributed by atoms with van der Waals surface area (Å²) in [6, 6.07) is 10.8. The van der Waals surface area contributed by atoms with Gasteiger partial charge in [0.2, 0.25) is 0 Å². The summed E-state index contributed by atoms with van der Waals surface area (Å²) in [7, 11) is 0.784. The van der Waals surface area contributed by atoms with Gasteiger partial charge in [-0.1, -0.05) is 0 Å². The van der Waals surface area contributed by atoms with Crippen LogP contribution in [-0.4, -0.2) is 42.8 Å². The maximum atomic E-state index is 3.11. The monoisotopic (exact) mass is 367 g/mol. The van der Waals surface area contributed by atoms with E-state index in [2.05, 4.69) is 44.5 Å². The summed E-state index contributed by atoms with van der Waals surface area (Å²) in [6.45, 7) is 0.